The summed E-state index contributed by atoms with van der Waals surface area (Å²) >= 11 is 11.3. The lowest BCUT2D eigenvalue weighted by atomic mass is 10.2. The molecule has 150 valence electrons. The molecule has 0 aromatic heterocycles. The van der Waals surface area contributed by atoms with Gasteiger partial charge >= 0.3 is 0 Å². The average molecular weight is 433 g/mol. The molecule has 1 saturated heterocycles. The van der Waals surface area contributed by atoms with Crippen LogP contribution in [0.5, 0.6) is 5.75 Å². The number of amides is 3. The number of ether oxygens (including phenoxy) is 1. The summed E-state index contributed by atoms with van der Waals surface area (Å²) in [6, 6.07) is 11.8. The number of primary amides is 1. The molecule has 1 fully saturated rings. The molecule has 8 nitrogen and oxygen atoms in total. The SMILES string of the molecule is COc1ccc(N2C(=O)C(CC(N)=O)N(NC(=O)c3ccc(Cl)cc3)C2=S)cc1. The Kier molecular flexibility index (Phi) is 6.00. The largest absolute Gasteiger partial charge is 0.497 e. The van der Waals surface area contributed by atoms with Crippen LogP contribution in [0.4, 0.5) is 5.69 Å². The first-order chi connectivity index (χ1) is 13.8. The lowest BCUT2D eigenvalue weighted by Crippen LogP contribution is -2.49. The van der Waals surface area contributed by atoms with Crippen molar-refractivity contribution < 1.29 is 19.1 Å². The minimum Gasteiger partial charge on any atom is -0.497 e. The van der Waals surface area contributed by atoms with Gasteiger partial charge in [-0.25, -0.2) is 5.01 Å². The number of hydrogen-bond acceptors (Lipinski definition) is 5. The summed E-state index contributed by atoms with van der Waals surface area (Å²) in [6.45, 7) is 0. The molecule has 1 aliphatic rings. The van der Waals surface area contributed by atoms with Crippen LogP contribution in [0.25, 0.3) is 0 Å². The van der Waals surface area contributed by atoms with E-state index in [4.69, 9.17) is 34.3 Å². The van der Waals surface area contributed by atoms with E-state index in [2.05, 4.69) is 5.43 Å². The van der Waals surface area contributed by atoms with Gasteiger partial charge in [-0.15, -0.1) is 0 Å². The number of methoxy groups -OCH3 is 1. The Labute approximate surface area is 177 Å². The Balaban J connectivity index is 1.89. The molecule has 1 unspecified atom stereocenters. The summed E-state index contributed by atoms with van der Waals surface area (Å²) in [5, 5.41) is 1.68. The average Bonchev–Trinajstić information content (AvgIpc) is 2.92. The van der Waals surface area contributed by atoms with Gasteiger partial charge in [-0.3, -0.25) is 24.7 Å². The van der Waals surface area contributed by atoms with E-state index < -0.39 is 23.8 Å². The van der Waals surface area contributed by atoms with Gasteiger partial charge in [0, 0.05) is 10.6 Å². The lowest BCUT2D eigenvalue weighted by Gasteiger charge is -2.24. The fourth-order valence-electron chi connectivity index (χ4n) is 2.83. The zero-order chi connectivity index (χ0) is 21.1. The summed E-state index contributed by atoms with van der Waals surface area (Å²) in [6.07, 6.45) is -0.313. The Hall–Kier alpha value is -3.17. The molecular weight excluding hydrogens is 416 g/mol. The second kappa shape index (κ2) is 8.46. The first kappa shape index (κ1) is 20.6. The molecule has 10 heteroatoms. The van der Waals surface area contributed by atoms with Gasteiger partial charge in [-0.05, 0) is 60.7 Å². The van der Waals surface area contributed by atoms with Crippen molar-refractivity contribution in [3.8, 4) is 5.75 Å². The van der Waals surface area contributed by atoms with Gasteiger partial charge in [0.05, 0.1) is 19.2 Å². The Morgan fingerprint density at radius 2 is 1.79 bits per heavy atom. The molecule has 3 amide bonds. The summed E-state index contributed by atoms with van der Waals surface area (Å²) in [5.74, 6) is -1.08. The van der Waals surface area contributed by atoms with Crippen LogP contribution in [0.2, 0.25) is 5.02 Å². The topological polar surface area (TPSA) is 105 Å². The van der Waals surface area contributed by atoms with Crippen molar-refractivity contribution in [3.63, 3.8) is 0 Å². The maximum Gasteiger partial charge on any atom is 0.269 e. The highest BCUT2D eigenvalue weighted by atomic mass is 35.5. The molecule has 0 saturated carbocycles. The minimum absolute atomic E-state index is 0.0220. The van der Waals surface area contributed by atoms with Crippen LogP contribution in [-0.2, 0) is 9.59 Å². The number of nitrogens with one attached hydrogen (secondary N) is 1. The molecule has 3 rings (SSSR count). The number of benzene rings is 2. The normalized spacial score (nSPS) is 16.1. The van der Waals surface area contributed by atoms with E-state index in [9.17, 15) is 14.4 Å². The second-order valence-electron chi connectivity index (χ2n) is 6.16. The third-order valence-electron chi connectivity index (χ3n) is 4.27. The number of nitrogens with two attached hydrogens (primary N) is 1. The molecule has 0 spiro atoms. The number of hydrazine groups is 1. The fraction of sp³-hybridized carbons (Fsp3) is 0.158. The molecule has 0 aliphatic carbocycles. The van der Waals surface area contributed by atoms with E-state index in [1.54, 1.807) is 36.4 Å². The molecule has 2 aromatic rings. The van der Waals surface area contributed by atoms with Crippen LogP contribution >= 0.6 is 23.8 Å². The van der Waals surface area contributed by atoms with E-state index in [-0.39, 0.29) is 11.5 Å². The number of halogens is 1. The molecule has 3 N–H and O–H groups in total. The Bertz CT molecular complexity index is 965. The number of hydrogen-bond donors (Lipinski definition) is 2. The van der Waals surface area contributed by atoms with Gasteiger partial charge in [0.25, 0.3) is 11.8 Å². The summed E-state index contributed by atoms with van der Waals surface area (Å²) in [5.41, 5.74) is 8.67. The molecule has 1 atom stereocenters. The van der Waals surface area contributed by atoms with Crippen molar-refractivity contribution in [1.82, 2.24) is 10.4 Å². The number of nitrogens with zero attached hydrogens (tertiary/aromatic N) is 2. The third kappa shape index (κ3) is 4.30. The maximum atomic E-state index is 13.0. The van der Waals surface area contributed by atoms with Gasteiger partial charge in [0.15, 0.2) is 0 Å². The molecule has 0 bridgehead atoms. The monoisotopic (exact) mass is 432 g/mol. The van der Waals surface area contributed by atoms with Crippen molar-refractivity contribution in [2.75, 3.05) is 12.0 Å². The maximum absolute atomic E-state index is 13.0. The van der Waals surface area contributed by atoms with Crippen LogP contribution in [0.15, 0.2) is 48.5 Å². The number of carbonyl (C=O) groups excluding carboxylic acids is 3. The lowest BCUT2D eigenvalue weighted by molar-refractivity contribution is -0.125. The van der Waals surface area contributed by atoms with Crippen molar-refractivity contribution in [2.24, 2.45) is 5.73 Å². The van der Waals surface area contributed by atoms with E-state index in [1.807, 2.05) is 0 Å². The van der Waals surface area contributed by atoms with E-state index in [0.29, 0.717) is 22.0 Å². The number of carbonyl (C=O) groups is 3. The third-order valence-corrected chi connectivity index (χ3v) is 4.90. The highest BCUT2D eigenvalue weighted by molar-refractivity contribution is 7.80. The summed E-state index contributed by atoms with van der Waals surface area (Å²) < 4.78 is 5.12. The van der Waals surface area contributed by atoms with Gasteiger partial charge < -0.3 is 10.5 Å². The highest BCUT2D eigenvalue weighted by Crippen LogP contribution is 2.27. The first-order valence-electron chi connectivity index (χ1n) is 8.48. The van der Waals surface area contributed by atoms with Crippen LogP contribution < -0.4 is 20.8 Å². The van der Waals surface area contributed by atoms with Crippen molar-refractivity contribution in [1.29, 1.82) is 0 Å². The van der Waals surface area contributed by atoms with Gasteiger partial charge in [-0.2, -0.15) is 0 Å². The Morgan fingerprint density at radius 3 is 2.34 bits per heavy atom. The van der Waals surface area contributed by atoms with Crippen LogP contribution in [0.3, 0.4) is 0 Å². The summed E-state index contributed by atoms with van der Waals surface area (Å²) in [4.78, 5) is 38.3. The van der Waals surface area contributed by atoms with Crippen molar-refractivity contribution in [3.05, 3.63) is 59.1 Å². The molecule has 29 heavy (non-hydrogen) atoms. The number of thiocarbonyl (C=S) groups is 1. The number of anilines is 1. The number of rotatable bonds is 6. The van der Waals surface area contributed by atoms with E-state index in [0.717, 1.165) is 0 Å². The quantitative estimate of drug-likeness (QED) is 0.675. The molecule has 2 aromatic carbocycles. The van der Waals surface area contributed by atoms with E-state index in [1.165, 1.54) is 29.2 Å². The zero-order valence-corrected chi connectivity index (χ0v) is 16.9. The highest BCUT2D eigenvalue weighted by Gasteiger charge is 2.45. The van der Waals surface area contributed by atoms with Gasteiger partial charge in [-0.1, -0.05) is 11.6 Å². The minimum atomic E-state index is -1.06. The predicted octanol–water partition coefficient (Wildman–Crippen LogP) is 1.87. The molecule has 1 heterocycles. The van der Waals surface area contributed by atoms with Crippen molar-refractivity contribution >= 4 is 52.3 Å². The predicted molar refractivity (Wildman–Crippen MR) is 111 cm³/mol. The van der Waals surface area contributed by atoms with Gasteiger partial charge in [0.2, 0.25) is 11.0 Å². The fourth-order valence-corrected chi connectivity index (χ4v) is 3.33. The molecule has 1 aliphatic heterocycles. The van der Waals surface area contributed by atoms with Gasteiger partial charge in [0.1, 0.15) is 11.8 Å². The van der Waals surface area contributed by atoms with Crippen LogP contribution in [-0.4, -0.2) is 41.0 Å². The smallest absolute Gasteiger partial charge is 0.269 e. The summed E-state index contributed by atoms with van der Waals surface area (Å²) in [7, 11) is 1.53. The first-order valence-corrected chi connectivity index (χ1v) is 9.26. The molecule has 0 radical (unpaired) electrons. The second-order valence-corrected chi connectivity index (χ2v) is 6.96. The Morgan fingerprint density at radius 1 is 1.17 bits per heavy atom. The standard InChI is InChI=1S/C19H17ClN4O4S/c1-28-14-8-6-13(7-9-14)23-18(27)15(10-16(21)25)24(19(23)29)22-17(26)11-2-4-12(20)5-3-11/h2-9,15H,10H2,1H3,(H2,21,25)(H,22,26). The van der Waals surface area contributed by atoms with Crippen LogP contribution in [0, 0.1) is 0 Å². The zero-order valence-electron chi connectivity index (χ0n) is 15.3. The van der Waals surface area contributed by atoms with Crippen molar-refractivity contribution in [2.45, 2.75) is 12.5 Å². The van der Waals surface area contributed by atoms with E-state index >= 15 is 0 Å². The molecular formula is C19H17ClN4O4S. The van der Waals surface area contributed by atoms with Crippen LogP contribution in [0.1, 0.15) is 16.8 Å².